The van der Waals surface area contributed by atoms with Crippen LogP contribution >= 0.6 is 0 Å². The van der Waals surface area contributed by atoms with E-state index in [1.54, 1.807) is 0 Å². The van der Waals surface area contributed by atoms with Gasteiger partial charge in [0.05, 0.1) is 12.2 Å². The molecule has 0 amide bonds. The van der Waals surface area contributed by atoms with Crippen LogP contribution in [0.4, 0.5) is 0 Å². The molecule has 19 heavy (non-hydrogen) atoms. The minimum atomic E-state index is 0.120. The second-order valence-electron chi connectivity index (χ2n) is 6.34. The summed E-state index contributed by atoms with van der Waals surface area (Å²) >= 11 is 0. The number of hydrogen-bond donors (Lipinski definition) is 0. The Morgan fingerprint density at radius 2 is 1.89 bits per heavy atom. The monoisotopic (exact) mass is 258 g/mol. The zero-order valence-corrected chi connectivity index (χ0v) is 11.4. The Kier molecular flexibility index (Phi) is 2.80. The Balaban J connectivity index is 1.68. The third kappa shape index (κ3) is 1.88. The zero-order valence-electron chi connectivity index (χ0n) is 11.4. The lowest BCUT2D eigenvalue weighted by Gasteiger charge is -2.51. The van der Waals surface area contributed by atoms with Gasteiger partial charge < -0.3 is 9.47 Å². The summed E-state index contributed by atoms with van der Waals surface area (Å²) in [5, 5.41) is 0. The van der Waals surface area contributed by atoms with Crippen LogP contribution in [0, 0.1) is 5.92 Å². The van der Waals surface area contributed by atoms with Gasteiger partial charge in [0.1, 0.15) is 11.9 Å². The van der Waals surface area contributed by atoms with Crippen molar-refractivity contribution >= 4 is 0 Å². The number of fused-ring (bicyclic) bond motifs is 3. The van der Waals surface area contributed by atoms with Gasteiger partial charge in [-0.1, -0.05) is 37.5 Å². The second kappa shape index (κ2) is 4.52. The Labute approximate surface area is 115 Å². The molecule has 1 aliphatic carbocycles. The molecule has 102 valence electrons. The Hall–Kier alpha value is -1.02. The van der Waals surface area contributed by atoms with Crippen molar-refractivity contribution in [1.82, 2.24) is 0 Å². The molecule has 2 heterocycles. The van der Waals surface area contributed by atoms with Gasteiger partial charge in [-0.25, -0.2) is 0 Å². The molecule has 2 fully saturated rings. The molecule has 2 heteroatoms. The Morgan fingerprint density at radius 1 is 1.05 bits per heavy atom. The summed E-state index contributed by atoms with van der Waals surface area (Å²) in [6.07, 6.45) is 9.07. The van der Waals surface area contributed by atoms with E-state index >= 15 is 0 Å². The van der Waals surface area contributed by atoms with Gasteiger partial charge in [-0.15, -0.1) is 0 Å². The second-order valence-corrected chi connectivity index (χ2v) is 6.34. The highest BCUT2D eigenvalue weighted by molar-refractivity contribution is 5.36. The van der Waals surface area contributed by atoms with E-state index in [1.807, 2.05) is 0 Å². The van der Waals surface area contributed by atoms with Gasteiger partial charge >= 0.3 is 0 Å². The Morgan fingerprint density at radius 3 is 2.79 bits per heavy atom. The molecule has 1 aromatic rings. The third-order valence-electron chi connectivity index (χ3n) is 5.31. The van der Waals surface area contributed by atoms with Gasteiger partial charge in [0.25, 0.3) is 0 Å². The summed E-state index contributed by atoms with van der Waals surface area (Å²) < 4.78 is 12.6. The first kappa shape index (κ1) is 11.8. The maximum Gasteiger partial charge on any atom is 0.122 e. The molecule has 2 atom stereocenters. The van der Waals surface area contributed by atoms with Crippen LogP contribution in [-0.4, -0.2) is 18.3 Å². The third-order valence-corrected chi connectivity index (χ3v) is 5.31. The highest BCUT2D eigenvalue weighted by Gasteiger charge is 2.49. The van der Waals surface area contributed by atoms with Gasteiger partial charge in [0.15, 0.2) is 0 Å². The standard InChI is InChI=1S/C17H22O2/c1-4-9-17(10-5-1)14-12-13-6-2-3-7-15(13)19-16(14)8-11-18-17/h2-3,6-7,14,16H,1,4-5,8-12H2/t14-,16-/m0/s1. The van der Waals surface area contributed by atoms with Crippen molar-refractivity contribution in [2.45, 2.75) is 56.7 Å². The molecule has 1 spiro atoms. The van der Waals surface area contributed by atoms with Crippen molar-refractivity contribution in [3.63, 3.8) is 0 Å². The minimum absolute atomic E-state index is 0.120. The van der Waals surface area contributed by atoms with Crippen LogP contribution in [0.15, 0.2) is 24.3 Å². The molecule has 0 radical (unpaired) electrons. The van der Waals surface area contributed by atoms with Gasteiger partial charge in [-0.05, 0) is 30.9 Å². The van der Waals surface area contributed by atoms with E-state index in [1.165, 1.54) is 37.7 Å². The van der Waals surface area contributed by atoms with Gasteiger partial charge in [-0.3, -0.25) is 0 Å². The highest BCUT2D eigenvalue weighted by atomic mass is 16.5. The maximum atomic E-state index is 6.31. The van der Waals surface area contributed by atoms with Crippen LogP contribution in [0.3, 0.4) is 0 Å². The van der Waals surface area contributed by atoms with E-state index in [9.17, 15) is 0 Å². The van der Waals surface area contributed by atoms with E-state index in [4.69, 9.17) is 9.47 Å². The fourth-order valence-corrected chi connectivity index (χ4v) is 4.34. The molecule has 1 saturated carbocycles. The highest BCUT2D eigenvalue weighted by Crippen LogP contribution is 2.47. The lowest BCUT2D eigenvalue weighted by molar-refractivity contribution is -0.177. The van der Waals surface area contributed by atoms with Gasteiger partial charge in [0, 0.05) is 12.3 Å². The first-order valence-electron chi connectivity index (χ1n) is 7.76. The molecule has 0 aromatic heterocycles. The maximum absolute atomic E-state index is 6.31. The summed E-state index contributed by atoms with van der Waals surface area (Å²) in [4.78, 5) is 0. The van der Waals surface area contributed by atoms with Gasteiger partial charge in [-0.2, -0.15) is 0 Å². The van der Waals surface area contributed by atoms with E-state index < -0.39 is 0 Å². The minimum Gasteiger partial charge on any atom is -0.490 e. The first-order chi connectivity index (χ1) is 9.37. The fourth-order valence-electron chi connectivity index (χ4n) is 4.34. The van der Waals surface area contributed by atoms with Crippen LogP contribution in [0.5, 0.6) is 5.75 Å². The van der Waals surface area contributed by atoms with Crippen LogP contribution < -0.4 is 4.74 Å². The zero-order chi connectivity index (χ0) is 12.7. The SMILES string of the molecule is c1ccc2c(c1)C[C@H]1[C@H](CCOC13CCCCC3)O2. The molecule has 3 aliphatic rings. The quantitative estimate of drug-likeness (QED) is 0.706. The molecule has 2 aliphatic heterocycles. The summed E-state index contributed by atoms with van der Waals surface area (Å²) in [6.45, 7) is 0.878. The molecule has 2 nitrogen and oxygen atoms in total. The van der Waals surface area contributed by atoms with Crippen molar-refractivity contribution in [2.24, 2.45) is 5.92 Å². The van der Waals surface area contributed by atoms with Crippen molar-refractivity contribution < 1.29 is 9.47 Å². The molecule has 0 unspecified atom stereocenters. The predicted molar refractivity (Wildman–Crippen MR) is 74.4 cm³/mol. The molecule has 1 saturated heterocycles. The van der Waals surface area contributed by atoms with Crippen LogP contribution in [0.2, 0.25) is 0 Å². The van der Waals surface area contributed by atoms with Crippen molar-refractivity contribution in [3.05, 3.63) is 29.8 Å². The summed E-state index contributed by atoms with van der Waals surface area (Å²) in [5.41, 5.74) is 1.49. The van der Waals surface area contributed by atoms with Crippen LogP contribution in [0.25, 0.3) is 0 Å². The number of benzene rings is 1. The number of rotatable bonds is 0. The van der Waals surface area contributed by atoms with Crippen molar-refractivity contribution in [3.8, 4) is 5.75 Å². The van der Waals surface area contributed by atoms with Crippen molar-refractivity contribution in [1.29, 1.82) is 0 Å². The van der Waals surface area contributed by atoms with Crippen LogP contribution in [-0.2, 0) is 11.2 Å². The van der Waals surface area contributed by atoms with E-state index in [0.29, 0.717) is 12.0 Å². The predicted octanol–water partition coefficient (Wildman–Crippen LogP) is 3.73. The summed E-state index contributed by atoms with van der Waals surface area (Å²) in [7, 11) is 0. The molecule has 4 rings (SSSR count). The number of para-hydroxylation sites is 1. The Bertz CT molecular complexity index is 457. The van der Waals surface area contributed by atoms with E-state index in [-0.39, 0.29) is 5.60 Å². The van der Waals surface area contributed by atoms with Crippen molar-refractivity contribution in [2.75, 3.05) is 6.61 Å². The van der Waals surface area contributed by atoms with Crippen LogP contribution in [0.1, 0.15) is 44.1 Å². The lowest BCUT2D eigenvalue weighted by Crippen LogP contribution is -2.55. The molecular formula is C17H22O2. The normalized spacial score (nSPS) is 32.2. The topological polar surface area (TPSA) is 18.5 Å². The summed E-state index contributed by atoms with van der Waals surface area (Å²) in [5.74, 6) is 1.67. The largest absolute Gasteiger partial charge is 0.490 e. The fraction of sp³-hybridized carbons (Fsp3) is 0.647. The average Bonchev–Trinajstić information content (AvgIpc) is 2.47. The molecular weight excluding hydrogens is 236 g/mol. The molecule has 1 aromatic carbocycles. The van der Waals surface area contributed by atoms with E-state index in [0.717, 1.165) is 25.2 Å². The molecule has 0 bridgehead atoms. The smallest absolute Gasteiger partial charge is 0.122 e. The van der Waals surface area contributed by atoms with Gasteiger partial charge in [0.2, 0.25) is 0 Å². The summed E-state index contributed by atoms with van der Waals surface area (Å²) in [6, 6.07) is 8.54. The van der Waals surface area contributed by atoms with E-state index in [2.05, 4.69) is 24.3 Å². The number of ether oxygens (including phenoxy) is 2. The number of hydrogen-bond acceptors (Lipinski definition) is 2. The lowest BCUT2D eigenvalue weighted by atomic mass is 9.68. The molecule has 0 N–H and O–H groups in total. The first-order valence-corrected chi connectivity index (χ1v) is 7.76. The average molecular weight is 258 g/mol.